The van der Waals surface area contributed by atoms with Gasteiger partial charge in [-0.25, -0.2) is 0 Å². The van der Waals surface area contributed by atoms with Gasteiger partial charge < -0.3 is 0 Å². The Bertz CT molecular complexity index is 652. The number of carbonyl (C=O) groups excluding carboxylic acids is 1. The molecule has 1 nitrogen and oxygen atoms in total. The van der Waals surface area contributed by atoms with E-state index in [-0.39, 0.29) is 5.78 Å². The second-order valence-electron chi connectivity index (χ2n) is 5.13. The fourth-order valence-electron chi connectivity index (χ4n) is 2.39. The molecular weight excluding hydrogens is 362 g/mol. The molecule has 2 rings (SSSR count). The third-order valence-corrected chi connectivity index (χ3v) is 5.42. The molecule has 0 amide bonds. The fraction of sp³-hybridized carbons (Fsp3) is 0.235. The maximum Gasteiger partial charge on any atom is 0.147 e. The summed E-state index contributed by atoms with van der Waals surface area (Å²) in [5.74, 6) is -0.777. The smallest absolute Gasteiger partial charge is 0.147 e. The maximum atomic E-state index is 12.8. The molecular formula is C17H14Cl4O. The van der Waals surface area contributed by atoms with E-state index in [1.54, 1.807) is 24.3 Å². The number of halogens is 4. The van der Waals surface area contributed by atoms with Crippen LogP contribution in [0.3, 0.4) is 0 Å². The van der Waals surface area contributed by atoms with Crippen LogP contribution in [0.5, 0.6) is 0 Å². The zero-order valence-electron chi connectivity index (χ0n) is 12.0. The Morgan fingerprint density at radius 1 is 0.773 bits per heavy atom. The summed E-state index contributed by atoms with van der Waals surface area (Å²) in [6.07, 6.45) is 0. The first-order valence-electron chi connectivity index (χ1n) is 6.76. The number of hydrogen-bond donors (Lipinski definition) is 0. The number of benzene rings is 2. The summed E-state index contributed by atoms with van der Waals surface area (Å²) >= 11 is 24.5. The molecule has 2 unspecified atom stereocenters. The van der Waals surface area contributed by atoms with Crippen LogP contribution in [0.1, 0.15) is 36.8 Å². The molecule has 2 aromatic rings. The summed E-state index contributed by atoms with van der Waals surface area (Å²) < 4.78 is 0. The summed E-state index contributed by atoms with van der Waals surface area (Å²) in [7, 11) is 0. The first-order valence-corrected chi connectivity index (χ1v) is 8.27. The second-order valence-corrected chi connectivity index (χ2v) is 6.70. The van der Waals surface area contributed by atoms with Gasteiger partial charge in [-0.1, -0.05) is 84.5 Å². The maximum absolute atomic E-state index is 12.8. The Kier molecular flexibility index (Phi) is 5.79. The lowest BCUT2D eigenvalue weighted by Gasteiger charge is -2.19. The van der Waals surface area contributed by atoms with Gasteiger partial charge in [0.25, 0.3) is 0 Å². The highest BCUT2D eigenvalue weighted by atomic mass is 35.5. The van der Waals surface area contributed by atoms with Gasteiger partial charge in [-0.2, -0.15) is 0 Å². The minimum Gasteiger partial charge on any atom is -0.298 e. The van der Waals surface area contributed by atoms with Crippen molar-refractivity contribution in [3.8, 4) is 0 Å². The summed E-state index contributed by atoms with van der Waals surface area (Å²) in [6.45, 7) is 3.63. The molecule has 0 heterocycles. The van der Waals surface area contributed by atoms with Crippen LogP contribution in [0.2, 0.25) is 20.1 Å². The highest BCUT2D eigenvalue weighted by molar-refractivity contribution is 6.43. The zero-order valence-corrected chi connectivity index (χ0v) is 15.1. The summed E-state index contributed by atoms with van der Waals surface area (Å²) in [5.41, 5.74) is 1.42. The lowest BCUT2D eigenvalue weighted by atomic mass is 9.86. The molecule has 0 aliphatic rings. The highest BCUT2D eigenvalue weighted by Crippen LogP contribution is 2.37. The molecule has 0 aromatic heterocycles. The molecule has 5 heteroatoms. The van der Waals surface area contributed by atoms with Gasteiger partial charge >= 0.3 is 0 Å². The van der Waals surface area contributed by atoms with E-state index in [0.29, 0.717) is 31.2 Å². The Balaban J connectivity index is 2.34. The molecule has 116 valence electrons. The van der Waals surface area contributed by atoms with Crippen molar-refractivity contribution < 1.29 is 4.79 Å². The Labute approximate surface area is 150 Å². The SMILES string of the molecule is CC(C(=O)C(C)c1cccc(Cl)c1Cl)c1cccc(Cl)c1Cl. The molecule has 0 fully saturated rings. The van der Waals surface area contributed by atoms with Crippen molar-refractivity contribution in [3.05, 3.63) is 67.6 Å². The van der Waals surface area contributed by atoms with Gasteiger partial charge in [-0.3, -0.25) is 4.79 Å². The first kappa shape index (κ1) is 17.6. The van der Waals surface area contributed by atoms with E-state index < -0.39 is 11.8 Å². The van der Waals surface area contributed by atoms with Gasteiger partial charge in [0.05, 0.1) is 20.1 Å². The first-order chi connectivity index (χ1) is 10.3. The lowest BCUT2D eigenvalue weighted by molar-refractivity contribution is -0.121. The van der Waals surface area contributed by atoms with Crippen LogP contribution in [0, 0.1) is 0 Å². The number of rotatable bonds is 4. The van der Waals surface area contributed by atoms with Gasteiger partial charge in [0, 0.05) is 11.8 Å². The largest absolute Gasteiger partial charge is 0.298 e. The van der Waals surface area contributed by atoms with Crippen LogP contribution in [0.25, 0.3) is 0 Å². The van der Waals surface area contributed by atoms with Gasteiger partial charge in [-0.05, 0) is 23.3 Å². The van der Waals surface area contributed by atoms with Gasteiger partial charge in [0.1, 0.15) is 5.78 Å². The van der Waals surface area contributed by atoms with Crippen LogP contribution in [0.15, 0.2) is 36.4 Å². The average Bonchev–Trinajstić information content (AvgIpc) is 2.50. The Morgan fingerprint density at radius 3 is 1.50 bits per heavy atom. The van der Waals surface area contributed by atoms with Gasteiger partial charge in [-0.15, -0.1) is 0 Å². The summed E-state index contributed by atoms with van der Waals surface area (Å²) in [5, 5.41) is 1.70. The van der Waals surface area contributed by atoms with Crippen molar-refractivity contribution in [1.29, 1.82) is 0 Å². The van der Waals surface area contributed by atoms with Crippen LogP contribution in [-0.4, -0.2) is 5.78 Å². The molecule has 0 aliphatic carbocycles. The van der Waals surface area contributed by atoms with E-state index in [4.69, 9.17) is 46.4 Å². The van der Waals surface area contributed by atoms with E-state index in [1.165, 1.54) is 0 Å². The topological polar surface area (TPSA) is 17.1 Å². The normalized spacial score (nSPS) is 13.7. The lowest BCUT2D eigenvalue weighted by Crippen LogP contribution is -2.17. The fourth-order valence-corrected chi connectivity index (χ4v) is 3.33. The van der Waals surface area contributed by atoms with Crippen molar-refractivity contribution in [1.82, 2.24) is 0 Å². The van der Waals surface area contributed by atoms with Crippen LogP contribution in [0.4, 0.5) is 0 Å². The van der Waals surface area contributed by atoms with Crippen molar-refractivity contribution >= 4 is 52.2 Å². The molecule has 22 heavy (non-hydrogen) atoms. The molecule has 0 bridgehead atoms. The number of hydrogen-bond acceptors (Lipinski definition) is 1. The predicted octanol–water partition coefficient (Wildman–Crippen LogP) is 6.78. The van der Waals surface area contributed by atoms with Crippen LogP contribution < -0.4 is 0 Å². The standard InChI is InChI=1S/C17H14Cl4O/c1-9(11-5-3-7-13(18)15(11)20)17(22)10(2)12-6-4-8-14(19)16(12)21/h3-10H,1-2H3. The molecule has 2 atom stereocenters. The monoisotopic (exact) mass is 374 g/mol. The molecule has 0 radical (unpaired) electrons. The highest BCUT2D eigenvalue weighted by Gasteiger charge is 2.26. The van der Waals surface area contributed by atoms with Crippen LogP contribution in [-0.2, 0) is 4.79 Å². The molecule has 0 aliphatic heterocycles. The Hall–Kier alpha value is -0.730. The van der Waals surface area contributed by atoms with Crippen LogP contribution >= 0.6 is 46.4 Å². The Morgan fingerprint density at radius 2 is 1.14 bits per heavy atom. The third-order valence-electron chi connectivity index (χ3n) is 3.75. The molecule has 0 spiro atoms. The third kappa shape index (κ3) is 3.44. The van der Waals surface area contributed by atoms with E-state index in [2.05, 4.69) is 0 Å². The van der Waals surface area contributed by atoms with Crippen molar-refractivity contribution in [2.75, 3.05) is 0 Å². The van der Waals surface area contributed by atoms with Gasteiger partial charge in [0.15, 0.2) is 0 Å². The number of ketones is 1. The molecule has 0 N–H and O–H groups in total. The van der Waals surface area contributed by atoms with Crippen molar-refractivity contribution in [2.45, 2.75) is 25.7 Å². The average molecular weight is 376 g/mol. The minimum atomic E-state index is -0.392. The minimum absolute atomic E-state index is 0.00772. The summed E-state index contributed by atoms with van der Waals surface area (Å²) in [6, 6.07) is 10.6. The van der Waals surface area contributed by atoms with E-state index in [0.717, 1.165) is 0 Å². The molecule has 2 aromatic carbocycles. The van der Waals surface area contributed by atoms with Crippen molar-refractivity contribution in [2.24, 2.45) is 0 Å². The molecule has 0 saturated carbocycles. The quantitative estimate of drug-likeness (QED) is 0.575. The number of carbonyl (C=O) groups is 1. The van der Waals surface area contributed by atoms with E-state index in [1.807, 2.05) is 26.0 Å². The van der Waals surface area contributed by atoms with Gasteiger partial charge in [0.2, 0.25) is 0 Å². The zero-order chi connectivity index (χ0) is 16.4. The van der Waals surface area contributed by atoms with E-state index >= 15 is 0 Å². The van der Waals surface area contributed by atoms with E-state index in [9.17, 15) is 4.79 Å². The summed E-state index contributed by atoms with van der Waals surface area (Å²) in [4.78, 5) is 12.8. The predicted molar refractivity (Wildman–Crippen MR) is 94.8 cm³/mol. The van der Waals surface area contributed by atoms with Crippen molar-refractivity contribution in [3.63, 3.8) is 0 Å². The molecule has 0 saturated heterocycles. The second kappa shape index (κ2) is 7.23. The number of Topliss-reactive ketones (excluding diaryl/α,β-unsaturated/α-hetero) is 1.